The Kier molecular flexibility index (Phi) is 5.78. The number of thiophene rings is 1. The van der Waals surface area contributed by atoms with E-state index in [0.717, 1.165) is 41.5 Å². The quantitative estimate of drug-likeness (QED) is 0.512. The van der Waals surface area contributed by atoms with Crippen LogP contribution in [0.5, 0.6) is 0 Å². The fraction of sp³-hybridized carbons (Fsp3) is 0.417. The Morgan fingerprint density at radius 3 is 2.47 bits per heavy atom. The number of aromatic nitrogens is 1. The first-order chi connectivity index (χ1) is 16.3. The number of esters is 1. The maximum absolute atomic E-state index is 13.3. The number of piperidine rings is 1. The number of hydrogen-bond acceptors (Lipinski definition) is 6. The molecule has 0 radical (unpaired) electrons. The third kappa shape index (κ3) is 3.73. The van der Waals surface area contributed by atoms with Gasteiger partial charge in [0, 0.05) is 44.1 Å². The molecule has 2 saturated heterocycles. The van der Waals surface area contributed by atoms with Crippen LogP contribution in [0.1, 0.15) is 39.4 Å². The molecule has 34 heavy (non-hydrogen) atoms. The van der Waals surface area contributed by atoms with E-state index in [0.29, 0.717) is 31.9 Å². The molecule has 1 spiro atoms. The predicted molar refractivity (Wildman–Crippen MR) is 130 cm³/mol. The van der Waals surface area contributed by atoms with E-state index in [1.807, 2.05) is 46.8 Å². The van der Waals surface area contributed by atoms with Crippen LogP contribution in [-0.2, 0) is 21.8 Å². The van der Waals surface area contributed by atoms with E-state index < -0.39 is 16.0 Å². The Bertz CT molecular complexity index is 1370. The molecule has 0 saturated carbocycles. The molecule has 0 atom stereocenters. The van der Waals surface area contributed by atoms with Gasteiger partial charge in [-0.25, -0.2) is 13.2 Å². The topological polar surface area (TPSA) is 88.9 Å². The summed E-state index contributed by atoms with van der Waals surface area (Å²) in [5, 5.41) is 2.64. The van der Waals surface area contributed by atoms with Crippen molar-refractivity contribution in [1.82, 2.24) is 13.8 Å². The van der Waals surface area contributed by atoms with Gasteiger partial charge >= 0.3 is 5.97 Å². The van der Waals surface area contributed by atoms with Crippen LogP contribution in [0.15, 0.2) is 46.7 Å². The van der Waals surface area contributed by atoms with Crippen LogP contribution < -0.4 is 0 Å². The lowest BCUT2D eigenvalue weighted by Gasteiger charge is -2.39. The Hall–Kier alpha value is -2.69. The second-order valence-electron chi connectivity index (χ2n) is 9.13. The first-order valence-electron chi connectivity index (χ1n) is 11.3. The minimum atomic E-state index is -3.79. The number of rotatable bonds is 4. The molecule has 2 aliphatic rings. The molecule has 0 N–H and O–H groups in total. The Morgan fingerprint density at radius 1 is 1.06 bits per heavy atom. The normalized spacial score (nSPS) is 18.6. The van der Waals surface area contributed by atoms with Crippen molar-refractivity contribution < 1.29 is 22.7 Å². The van der Waals surface area contributed by atoms with Crippen LogP contribution in [-0.4, -0.2) is 67.4 Å². The van der Waals surface area contributed by atoms with Crippen LogP contribution in [0, 0.1) is 5.41 Å². The highest BCUT2D eigenvalue weighted by molar-refractivity contribution is 7.89. The molecule has 2 aromatic heterocycles. The number of fused-ring (bicyclic) bond motifs is 1. The van der Waals surface area contributed by atoms with E-state index in [1.54, 1.807) is 5.38 Å². The van der Waals surface area contributed by atoms with Gasteiger partial charge in [-0.1, -0.05) is 18.2 Å². The van der Waals surface area contributed by atoms with Crippen molar-refractivity contribution >= 4 is 44.1 Å². The molecule has 8 nitrogen and oxygen atoms in total. The smallest absolute Gasteiger partial charge is 0.349 e. The van der Waals surface area contributed by atoms with Crippen molar-refractivity contribution in [3.05, 3.63) is 52.3 Å². The summed E-state index contributed by atoms with van der Waals surface area (Å²) >= 11 is 1.07. The first kappa shape index (κ1) is 23.1. The standard InChI is InChI=1S/C24H27N3O5S2/c1-25-18-6-4-3-5-17(18)15-19(25)22(28)26-11-8-24(9-12-26)10-13-27(16-24)34(30,31)20-7-14-33-21(20)23(29)32-2/h3-7,14-15H,8-13,16H2,1-2H3. The van der Waals surface area contributed by atoms with E-state index in [2.05, 4.69) is 0 Å². The molecule has 2 aliphatic heterocycles. The monoisotopic (exact) mass is 501 g/mol. The van der Waals surface area contributed by atoms with E-state index in [1.165, 1.54) is 17.5 Å². The Balaban J connectivity index is 1.28. The second-order valence-corrected chi connectivity index (χ2v) is 12.0. The molecule has 1 aromatic carbocycles. The number of sulfonamides is 1. The number of aryl methyl sites for hydroxylation is 1. The molecule has 4 heterocycles. The van der Waals surface area contributed by atoms with Crippen LogP contribution >= 0.6 is 11.3 Å². The van der Waals surface area contributed by atoms with Crippen LogP contribution in [0.4, 0.5) is 0 Å². The molecule has 5 rings (SSSR count). The van der Waals surface area contributed by atoms with Gasteiger partial charge in [0.15, 0.2) is 0 Å². The highest BCUT2D eigenvalue weighted by atomic mass is 32.2. The Labute approximate surface area is 202 Å². The molecule has 3 aromatic rings. The minimum Gasteiger partial charge on any atom is -0.465 e. The lowest BCUT2D eigenvalue weighted by molar-refractivity contribution is 0.0588. The number of para-hydroxylation sites is 1. The van der Waals surface area contributed by atoms with Gasteiger partial charge in [0.1, 0.15) is 15.5 Å². The maximum Gasteiger partial charge on any atom is 0.349 e. The summed E-state index contributed by atoms with van der Waals surface area (Å²) in [6, 6.07) is 11.3. The number of ether oxygens (including phenoxy) is 1. The largest absolute Gasteiger partial charge is 0.465 e. The maximum atomic E-state index is 13.3. The number of methoxy groups -OCH3 is 1. The molecule has 1 amide bonds. The average Bonchev–Trinajstić information content (AvgIpc) is 3.57. The number of nitrogens with zero attached hydrogens (tertiary/aromatic N) is 3. The summed E-state index contributed by atoms with van der Waals surface area (Å²) < 4.78 is 34.8. The van der Waals surface area contributed by atoms with Gasteiger partial charge in [0.25, 0.3) is 5.91 Å². The Morgan fingerprint density at radius 2 is 1.76 bits per heavy atom. The fourth-order valence-electron chi connectivity index (χ4n) is 5.23. The molecule has 2 fully saturated rings. The zero-order valence-electron chi connectivity index (χ0n) is 19.2. The van der Waals surface area contributed by atoms with Gasteiger partial charge in [-0.3, -0.25) is 4.79 Å². The minimum absolute atomic E-state index is 0.0111. The summed E-state index contributed by atoms with van der Waals surface area (Å²) in [4.78, 5) is 27.3. The van der Waals surface area contributed by atoms with Crippen LogP contribution in [0.2, 0.25) is 0 Å². The van der Waals surface area contributed by atoms with Crippen LogP contribution in [0.25, 0.3) is 10.9 Å². The molecule has 180 valence electrons. The van der Waals surface area contributed by atoms with Crippen molar-refractivity contribution in [3.8, 4) is 0 Å². The summed E-state index contributed by atoms with van der Waals surface area (Å²) in [6.07, 6.45) is 2.25. The van der Waals surface area contributed by atoms with Crippen molar-refractivity contribution in [2.75, 3.05) is 33.3 Å². The van der Waals surface area contributed by atoms with Gasteiger partial charge in [-0.15, -0.1) is 11.3 Å². The number of hydrogen-bond donors (Lipinski definition) is 0. The van der Waals surface area contributed by atoms with Gasteiger partial charge in [0.2, 0.25) is 10.0 Å². The number of benzene rings is 1. The molecule has 0 unspecified atom stereocenters. The number of amides is 1. The van der Waals surface area contributed by atoms with Gasteiger partial charge < -0.3 is 14.2 Å². The van der Waals surface area contributed by atoms with E-state index >= 15 is 0 Å². The van der Waals surface area contributed by atoms with E-state index in [9.17, 15) is 18.0 Å². The van der Waals surface area contributed by atoms with Gasteiger partial charge in [-0.2, -0.15) is 4.31 Å². The lowest BCUT2D eigenvalue weighted by atomic mass is 9.78. The lowest BCUT2D eigenvalue weighted by Crippen LogP contribution is -2.45. The van der Waals surface area contributed by atoms with Gasteiger partial charge in [0.05, 0.1) is 7.11 Å². The first-order valence-corrected chi connectivity index (χ1v) is 13.6. The molecular weight excluding hydrogens is 474 g/mol. The SMILES string of the molecule is COC(=O)c1sccc1S(=O)(=O)N1CCC2(CCN(C(=O)c3cc4ccccc4n3C)CC2)C1. The van der Waals surface area contributed by atoms with E-state index in [4.69, 9.17) is 4.74 Å². The average molecular weight is 502 g/mol. The van der Waals surface area contributed by atoms with Crippen LogP contribution in [0.3, 0.4) is 0 Å². The molecule has 0 bridgehead atoms. The number of carbonyl (C=O) groups is 2. The third-order valence-electron chi connectivity index (χ3n) is 7.30. The molecule has 10 heteroatoms. The number of likely N-dealkylation sites (tertiary alicyclic amines) is 1. The fourth-order valence-corrected chi connectivity index (χ4v) is 8.09. The summed E-state index contributed by atoms with van der Waals surface area (Å²) in [6.45, 7) is 2.01. The summed E-state index contributed by atoms with van der Waals surface area (Å²) in [7, 11) is -0.634. The second kappa shape index (κ2) is 8.51. The molecular formula is C24H27N3O5S2. The zero-order chi connectivity index (χ0) is 24.1. The van der Waals surface area contributed by atoms with Gasteiger partial charge in [-0.05, 0) is 48.3 Å². The zero-order valence-corrected chi connectivity index (χ0v) is 20.8. The van der Waals surface area contributed by atoms with Crippen molar-refractivity contribution in [3.63, 3.8) is 0 Å². The highest BCUT2D eigenvalue weighted by Gasteiger charge is 2.46. The predicted octanol–water partition coefficient (Wildman–Crippen LogP) is 3.34. The number of carbonyl (C=O) groups excluding carboxylic acids is 2. The highest BCUT2D eigenvalue weighted by Crippen LogP contribution is 2.43. The third-order valence-corrected chi connectivity index (χ3v) is 10.2. The molecule has 0 aliphatic carbocycles. The van der Waals surface area contributed by atoms with Crippen molar-refractivity contribution in [2.24, 2.45) is 12.5 Å². The summed E-state index contributed by atoms with van der Waals surface area (Å²) in [5.41, 5.74) is 1.54. The summed E-state index contributed by atoms with van der Waals surface area (Å²) in [5.74, 6) is -0.625. The van der Waals surface area contributed by atoms with Crippen molar-refractivity contribution in [2.45, 2.75) is 24.2 Å². The van der Waals surface area contributed by atoms with Crippen molar-refractivity contribution in [1.29, 1.82) is 0 Å². The van der Waals surface area contributed by atoms with E-state index in [-0.39, 0.29) is 21.1 Å².